The molecule has 0 spiro atoms. The van der Waals surface area contributed by atoms with Crippen molar-refractivity contribution in [2.75, 3.05) is 19.6 Å². The topological polar surface area (TPSA) is 46.3 Å². The Bertz CT molecular complexity index is 407. The smallest absolute Gasteiger partial charge is 0.256 e. The van der Waals surface area contributed by atoms with Crippen molar-refractivity contribution in [2.45, 2.75) is 26.7 Å². The average molecular weight is 252 g/mol. The van der Waals surface area contributed by atoms with Gasteiger partial charge in [-0.3, -0.25) is 4.79 Å². The number of unbranched alkanes of at least 4 members (excludes halogenated alkanes) is 1. The van der Waals surface area contributed by atoms with Gasteiger partial charge in [-0.25, -0.2) is 4.39 Å². The lowest BCUT2D eigenvalue weighted by atomic mass is 10.1. The van der Waals surface area contributed by atoms with Gasteiger partial charge in [-0.15, -0.1) is 0 Å². The summed E-state index contributed by atoms with van der Waals surface area (Å²) < 4.78 is 13.7. The van der Waals surface area contributed by atoms with Crippen LogP contribution in [0.4, 0.5) is 4.39 Å². The molecule has 2 N–H and O–H groups in total. The van der Waals surface area contributed by atoms with E-state index in [1.165, 1.54) is 6.07 Å². The van der Waals surface area contributed by atoms with Crippen molar-refractivity contribution in [3.8, 4) is 0 Å². The van der Waals surface area contributed by atoms with E-state index in [1.807, 2.05) is 6.92 Å². The van der Waals surface area contributed by atoms with Crippen molar-refractivity contribution in [3.63, 3.8) is 0 Å². The first-order chi connectivity index (χ1) is 8.60. The molecule has 0 aromatic heterocycles. The molecule has 1 rings (SSSR count). The Morgan fingerprint density at radius 2 is 2.11 bits per heavy atom. The van der Waals surface area contributed by atoms with Crippen LogP contribution in [-0.2, 0) is 0 Å². The molecule has 0 radical (unpaired) electrons. The lowest BCUT2D eigenvalue weighted by Crippen LogP contribution is -2.36. The summed E-state index contributed by atoms with van der Waals surface area (Å²) in [5, 5.41) is 0. The maximum atomic E-state index is 13.7. The Morgan fingerprint density at radius 3 is 2.72 bits per heavy atom. The Kier molecular flexibility index (Phi) is 5.78. The van der Waals surface area contributed by atoms with Gasteiger partial charge >= 0.3 is 0 Å². The number of halogens is 1. The monoisotopic (exact) mass is 252 g/mol. The highest BCUT2D eigenvalue weighted by Gasteiger charge is 2.18. The molecule has 1 amide bonds. The predicted octanol–water partition coefficient (Wildman–Crippen LogP) is 2.34. The first kappa shape index (κ1) is 14.6. The van der Waals surface area contributed by atoms with Gasteiger partial charge < -0.3 is 10.6 Å². The minimum Gasteiger partial charge on any atom is -0.337 e. The van der Waals surface area contributed by atoms with E-state index in [0.29, 0.717) is 19.6 Å². The van der Waals surface area contributed by atoms with Crippen LogP contribution in [0.1, 0.15) is 35.7 Å². The normalized spacial score (nSPS) is 10.4. The van der Waals surface area contributed by atoms with E-state index in [9.17, 15) is 9.18 Å². The minimum atomic E-state index is -0.468. The summed E-state index contributed by atoms with van der Waals surface area (Å²) in [7, 11) is 0. The molecule has 0 aliphatic heterocycles. The molecule has 0 aliphatic carbocycles. The van der Waals surface area contributed by atoms with Crippen molar-refractivity contribution in [1.82, 2.24) is 4.90 Å². The summed E-state index contributed by atoms with van der Waals surface area (Å²) in [6.45, 7) is 5.38. The van der Waals surface area contributed by atoms with E-state index in [0.717, 1.165) is 18.4 Å². The van der Waals surface area contributed by atoms with E-state index in [-0.39, 0.29) is 11.5 Å². The van der Waals surface area contributed by atoms with Crippen LogP contribution in [0.25, 0.3) is 0 Å². The van der Waals surface area contributed by atoms with Gasteiger partial charge in [0.15, 0.2) is 0 Å². The number of hydrogen-bond acceptors (Lipinski definition) is 2. The molecule has 0 saturated carbocycles. The van der Waals surface area contributed by atoms with Gasteiger partial charge in [0.25, 0.3) is 5.91 Å². The number of hydrogen-bond donors (Lipinski definition) is 1. The molecule has 0 saturated heterocycles. The maximum Gasteiger partial charge on any atom is 0.256 e. The molecule has 0 aliphatic rings. The van der Waals surface area contributed by atoms with Crippen LogP contribution in [0.5, 0.6) is 0 Å². The van der Waals surface area contributed by atoms with Crippen LogP contribution < -0.4 is 5.73 Å². The van der Waals surface area contributed by atoms with E-state index in [1.54, 1.807) is 17.0 Å². The van der Waals surface area contributed by atoms with E-state index in [2.05, 4.69) is 6.92 Å². The second kappa shape index (κ2) is 7.11. The average Bonchev–Trinajstić information content (AvgIpc) is 2.36. The summed E-state index contributed by atoms with van der Waals surface area (Å²) in [5.41, 5.74) is 6.51. The second-order valence-electron chi connectivity index (χ2n) is 4.42. The molecular formula is C14H21FN2O. The van der Waals surface area contributed by atoms with Crippen molar-refractivity contribution < 1.29 is 9.18 Å². The zero-order chi connectivity index (χ0) is 13.5. The molecule has 3 nitrogen and oxygen atoms in total. The molecule has 0 heterocycles. The third kappa shape index (κ3) is 3.81. The molecule has 0 atom stereocenters. The molecule has 1 aromatic carbocycles. The lowest BCUT2D eigenvalue weighted by molar-refractivity contribution is 0.0753. The highest BCUT2D eigenvalue weighted by Crippen LogP contribution is 2.13. The first-order valence-corrected chi connectivity index (χ1v) is 6.35. The number of carbonyl (C=O) groups is 1. The predicted molar refractivity (Wildman–Crippen MR) is 71.0 cm³/mol. The largest absolute Gasteiger partial charge is 0.337 e. The highest BCUT2D eigenvalue weighted by atomic mass is 19.1. The number of amides is 1. The quantitative estimate of drug-likeness (QED) is 0.844. The van der Waals surface area contributed by atoms with Crippen LogP contribution in [0, 0.1) is 12.7 Å². The van der Waals surface area contributed by atoms with Gasteiger partial charge in [0, 0.05) is 19.6 Å². The zero-order valence-electron chi connectivity index (χ0n) is 11.1. The van der Waals surface area contributed by atoms with Crippen LogP contribution >= 0.6 is 0 Å². The SMILES string of the molecule is CCCCN(CCN)C(=O)c1cc(C)ccc1F. The molecule has 0 unspecified atom stereocenters. The summed E-state index contributed by atoms with van der Waals surface area (Å²) >= 11 is 0. The molecular weight excluding hydrogens is 231 g/mol. The maximum absolute atomic E-state index is 13.7. The van der Waals surface area contributed by atoms with Crippen LogP contribution in [0.3, 0.4) is 0 Å². The van der Waals surface area contributed by atoms with Crippen LogP contribution in [0.15, 0.2) is 18.2 Å². The fourth-order valence-corrected chi connectivity index (χ4v) is 1.79. The molecule has 0 bridgehead atoms. The van der Waals surface area contributed by atoms with E-state index < -0.39 is 5.82 Å². The van der Waals surface area contributed by atoms with Crippen molar-refractivity contribution in [3.05, 3.63) is 35.1 Å². The van der Waals surface area contributed by atoms with Crippen LogP contribution in [-0.4, -0.2) is 30.4 Å². The van der Waals surface area contributed by atoms with Crippen molar-refractivity contribution in [1.29, 1.82) is 0 Å². The Labute approximate surface area is 108 Å². The molecule has 100 valence electrons. The minimum absolute atomic E-state index is 0.138. The van der Waals surface area contributed by atoms with Gasteiger partial charge in [-0.1, -0.05) is 25.0 Å². The van der Waals surface area contributed by atoms with Gasteiger partial charge in [0.2, 0.25) is 0 Å². The fraction of sp³-hybridized carbons (Fsp3) is 0.500. The first-order valence-electron chi connectivity index (χ1n) is 6.35. The summed E-state index contributed by atoms with van der Waals surface area (Å²) in [5.74, 6) is -0.737. The zero-order valence-corrected chi connectivity index (χ0v) is 11.1. The molecule has 1 aromatic rings. The van der Waals surface area contributed by atoms with Gasteiger partial charge in [-0.2, -0.15) is 0 Å². The summed E-state index contributed by atoms with van der Waals surface area (Å²) in [4.78, 5) is 13.9. The third-order valence-electron chi connectivity index (χ3n) is 2.82. The Hall–Kier alpha value is -1.42. The number of nitrogens with two attached hydrogens (primary N) is 1. The van der Waals surface area contributed by atoms with Crippen molar-refractivity contribution >= 4 is 5.91 Å². The van der Waals surface area contributed by atoms with E-state index >= 15 is 0 Å². The number of carbonyl (C=O) groups excluding carboxylic acids is 1. The Morgan fingerprint density at radius 1 is 1.39 bits per heavy atom. The van der Waals surface area contributed by atoms with Gasteiger partial charge in [0.1, 0.15) is 5.82 Å². The van der Waals surface area contributed by atoms with Crippen molar-refractivity contribution in [2.24, 2.45) is 5.73 Å². The van der Waals surface area contributed by atoms with Crippen LogP contribution in [0.2, 0.25) is 0 Å². The molecule has 4 heteroatoms. The van der Waals surface area contributed by atoms with E-state index in [4.69, 9.17) is 5.73 Å². The number of aryl methyl sites for hydroxylation is 1. The second-order valence-corrected chi connectivity index (χ2v) is 4.42. The molecule has 0 fully saturated rings. The standard InChI is InChI=1S/C14H21FN2O/c1-3-4-8-17(9-7-16)14(18)12-10-11(2)5-6-13(12)15/h5-6,10H,3-4,7-9,16H2,1-2H3. The summed E-state index contributed by atoms with van der Waals surface area (Å²) in [6, 6.07) is 4.58. The Balaban J connectivity index is 2.90. The third-order valence-corrected chi connectivity index (χ3v) is 2.82. The molecule has 18 heavy (non-hydrogen) atoms. The number of rotatable bonds is 6. The number of benzene rings is 1. The highest BCUT2D eigenvalue weighted by molar-refractivity contribution is 5.94. The number of nitrogens with zero attached hydrogens (tertiary/aromatic N) is 1. The fourth-order valence-electron chi connectivity index (χ4n) is 1.79. The van der Waals surface area contributed by atoms with Gasteiger partial charge in [0.05, 0.1) is 5.56 Å². The lowest BCUT2D eigenvalue weighted by Gasteiger charge is -2.22. The van der Waals surface area contributed by atoms with Gasteiger partial charge in [-0.05, 0) is 25.5 Å². The summed E-state index contributed by atoms with van der Waals surface area (Å²) in [6.07, 6.45) is 1.89.